The Bertz CT molecular complexity index is 416. The molecule has 4 nitrogen and oxygen atoms in total. The average Bonchev–Trinajstić information content (AvgIpc) is 2.54. The third-order valence-corrected chi connectivity index (χ3v) is 4.00. The van der Waals surface area contributed by atoms with Crippen LogP contribution >= 0.6 is 0 Å². The maximum absolute atomic E-state index is 5.85. The Kier molecular flexibility index (Phi) is 6.83. The van der Waals surface area contributed by atoms with E-state index < -0.39 is 0 Å². The first-order valence-corrected chi connectivity index (χ1v) is 7.86. The van der Waals surface area contributed by atoms with Crippen molar-refractivity contribution in [1.29, 1.82) is 0 Å². The quantitative estimate of drug-likeness (QED) is 0.747. The van der Waals surface area contributed by atoms with E-state index in [1.54, 1.807) is 14.2 Å². The standard InChI is InChI=1S/C17H27NO3/c1-19-11-12-21-17-14(7-6-10-16(17)20-2)13-18-15-8-4-3-5-9-15/h6-7,10,15,18H,3-5,8-9,11-13H2,1-2H3. The van der Waals surface area contributed by atoms with Gasteiger partial charge in [0.05, 0.1) is 13.7 Å². The van der Waals surface area contributed by atoms with Gasteiger partial charge in [0.25, 0.3) is 0 Å². The lowest BCUT2D eigenvalue weighted by atomic mass is 9.95. The van der Waals surface area contributed by atoms with Gasteiger partial charge < -0.3 is 19.5 Å². The molecule has 118 valence electrons. The van der Waals surface area contributed by atoms with Crippen molar-refractivity contribution in [2.45, 2.75) is 44.7 Å². The summed E-state index contributed by atoms with van der Waals surface area (Å²) < 4.78 is 16.3. The van der Waals surface area contributed by atoms with Gasteiger partial charge in [-0.1, -0.05) is 31.4 Å². The average molecular weight is 293 g/mol. The van der Waals surface area contributed by atoms with Crippen molar-refractivity contribution in [3.05, 3.63) is 23.8 Å². The third kappa shape index (κ3) is 4.90. The minimum absolute atomic E-state index is 0.535. The fraction of sp³-hybridized carbons (Fsp3) is 0.647. The number of para-hydroxylation sites is 1. The molecule has 1 saturated carbocycles. The van der Waals surface area contributed by atoms with Crippen LogP contribution in [0.3, 0.4) is 0 Å². The smallest absolute Gasteiger partial charge is 0.165 e. The van der Waals surface area contributed by atoms with Crippen LogP contribution in [0.4, 0.5) is 0 Å². The molecule has 0 atom stereocenters. The highest BCUT2D eigenvalue weighted by atomic mass is 16.5. The highest BCUT2D eigenvalue weighted by Gasteiger charge is 2.15. The lowest BCUT2D eigenvalue weighted by Crippen LogP contribution is -2.30. The zero-order valence-electron chi connectivity index (χ0n) is 13.2. The predicted octanol–water partition coefficient (Wildman–Crippen LogP) is 3.14. The third-order valence-electron chi connectivity index (χ3n) is 4.00. The van der Waals surface area contributed by atoms with E-state index in [1.165, 1.54) is 32.1 Å². The van der Waals surface area contributed by atoms with Crippen LogP contribution in [0.5, 0.6) is 11.5 Å². The van der Waals surface area contributed by atoms with Gasteiger partial charge in [0.15, 0.2) is 11.5 Å². The summed E-state index contributed by atoms with van der Waals surface area (Å²) in [5.41, 5.74) is 1.15. The van der Waals surface area contributed by atoms with Crippen LogP contribution in [0.2, 0.25) is 0 Å². The summed E-state index contributed by atoms with van der Waals surface area (Å²) in [6.45, 7) is 1.94. The van der Waals surface area contributed by atoms with Crippen LogP contribution in [0, 0.1) is 0 Å². The van der Waals surface area contributed by atoms with Gasteiger partial charge >= 0.3 is 0 Å². The second-order valence-corrected chi connectivity index (χ2v) is 5.51. The summed E-state index contributed by atoms with van der Waals surface area (Å²) in [5.74, 6) is 1.62. The van der Waals surface area contributed by atoms with Crippen molar-refractivity contribution >= 4 is 0 Å². The molecule has 1 fully saturated rings. The number of ether oxygens (including phenoxy) is 3. The molecule has 2 rings (SSSR count). The number of methoxy groups -OCH3 is 2. The molecule has 1 aliphatic rings. The van der Waals surface area contributed by atoms with E-state index in [-0.39, 0.29) is 0 Å². The first kappa shape index (κ1) is 16.1. The molecule has 0 amide bonds. The second kappa shape index (κ2) is 8.90. The largest absolute Gasteiger partial charge is 0.493 e. The minimum atomic E-state index is 0.535. The minimum Gasteiger partial charge on any atom is -0.493 e. The Hall–Kier alpha value is -1.26. The summed E-state index contributed by atoms with van der Waals surface area (Å²) in [4.78, 5) is 0. The van der Waals surface area contributed by atoms with E-state index in [0.29, 0.717) is 19.3 Å². The molecule has 1 aromatic carbocycles. The topological polar surface area (TPSA) is 39.7 Å². The zero-order valence-corrected chi connectivity index (χ0v) is 13.2. The highest BCUT2D eigenvalue weighted by Crippen LogP contribution is 2.31. The Labute approximate surface area is 127 Å². The van der Waals surface area contributed by atoms with Gasteiger partial charge in [-0.2, -0.15) is 0 Å². The number of hydrogen-bond acceptors (Lipinski definition) is 4. The number of benzene rings is 1. The molecule has 0 radical (unpaired) electrons. The first-order valence-electron chi connectivity index (χ1n) is 7.86. The molecule has 0 spiro atoms. The molecule has 0 aliphatic heterocycles. The fourth-order valence-electron chi connectivity index (χ4n) is 2.81. The summed E-state index contributed by atoms with van der Waals surface area (Å²) in [7, 11) is 3.36. The second-order valence-electron chi connectivity index (χ2n) is 5.51. The normalized spacial score (nSPS) is 15.9. The van der Waals surface area contributed by atoms with Crippen molar-refractivity contribution in [1.82, 2.24) is 5.32 Å². The van der Waals surface area contributed by atoms with Gasteiger partial charge in [-0.25, -0.2) is 0 Å². The van der Waals surface area contributed by atoms with E-state index in [4.69, 9.17) is 14.2 Å². The molecule has 0 saturated heterocycles. The van der Waals surface area contributed by atoms with Gasteiger partial charge in [-0.05, 0) is 18.9 Å². The molecule has 21 heavy (non-hydrogen) atoms. The lowest BCUT2D eigenvalue weighted by molar-refractivity contribution is 0.143. The zero-order chi connectivity index (χ0) is 14.9. The maximum atomic E-state index is 5.85. The molecule has 0 bridgehead atoms. The Morgan fingerprint density at radius 1 is 1.10 bits per heavy atom. The molecule has 1 aromatic rings. The summed E-state index contributed by atoms with van der Waals surface area (Å²) in [6, 6.07) is 6.68. The van der Waals surface area contributed by atoms with Crippen LogP contribution in [-0.2, 0) is 11.3 Å². The van der Waals surface area contributed by atoms with Crippen LogP contribution in [0.25, 0.3) is 0 Å². The van der Waals surface area contributed by atoms with E-state index in [2.05, 4.69) is 11.4 Å². The first-order chi connectivity index (χ1) is 10.3. The SMILES string of the molecule is COCCOc1c(CNC2CCCCC2)cccc1OC. The van der Waals surface area contributed by atoms with Crippen molar-refractivity contribution in [3.8, 4) is 11.5 Å². The van der Waals surface area contributed by atoms with Crippen molar-refractivity contribution in [2.24, 2.45) is 0 Å². The van der Waals surface area contributed by atoms with Gasteiger partial charge in [0, 0.05) is 25.3 Å². The molecular weight excluding hydrogens is 266 g/mol. The summed E-state index contributed by atoms with van der Waals surface area (Å²) in [5, 5.41) is 3.65. The summed E-state index contributed by atoms with van der Waals surface area (Å²) in [6.07, 6.45) is 6.62. The molecule has 0 aromatic heterocycles. The fourth-order valence-corrected chi connectivity index (χ4v) is 2.81. The number of hydrogen-bond donors (Lipinski definition) is 1. The van der Waals surface area contributed by atoms with Gasteiger partial charge in [-0.3, -0.25) is 0 Å². The van der Waals surface area contributed by atoms with E-state index >= 15 is 0 Å². The van der Waals surface area contributed by atoms with Gasteiger partial charge in [-0.15, -0.1) is 0 Å². The Morgan fingerprint density at radius 2 is 1.90 bits per heavy atom. The van der Waals surface area contributed by atoms with Crippen molar-refractivity contribution < 1.29 is 14.2 Å². The molecule has 0 heterocycles. The van der Waals surface area contributed by atoms with Crippen LogP contribution < -0.4 is 14.8 Å². The molecule has 1 aliphatic carbocycles. The predicted molar refractivity (Wildman–Crippen MR) is 84.1 cm³/mol. The van der Waals surface area contributed by atoms with Gasteiger partial charge in [0.2, 0.25) is 0 Å². The number of rotatable bonds is 8. The van der Waals surface area contributed by atoms with E-state index in [0.717, 1.165) is 23.6 Å². The van der Waals surface area contributed by atoms with Crippen LogP contribution in [-0.4, -0.2) is 33.5 Å². The Morgan fingerprint density at radius 3 is 2.62 bits per heavy atom. The molecule has 4 heteroatoms. The number of nitrogens with one attached hydrogen (secondary N) is 1. The van der Waals surface area contributed by atoms with E-state index in [1.807, 2.05) is 12.1 Å². The van der Waals surface area contributed by atoms with Crippen molar-refractivity contribution in [2.75, 3.05) is 27.4 Å². The Balaban J connectivity index is 1.98. The van der Waals surface area contributed by atoms with E-state index in [9.17, 15) is 0 Å². The maximum Gasteiger partial charge on any atom is 0.165 e. The van der Waals surface area contributed by atoms with Gasteiger partial charge in [0.1, 0.15) is 6.61 Å². The highest BCUT2D eigenvalue weighted by molar-refractivity contribution is 5.46. The van der Waals surface area contributed by atoms with Crippen LogP contribution in [0.1, 0.15) is 37.7 Å². The summed E-state index contributed by atoms with van der Waals surface area (Å²) >= 11 is 0. The molecular formula is C17H27NO3. The van der Waals surface area contributed by atoms with Crippen molar-refractivity contribution in [3.63, 3.8) is 0 Å². The lowest BCUT2D eigenvalue weighted by Gasteiger charge is -2.23. The monoisotopic (exact) mass is 293 g/mol. The molecule has 0 unspecified atom stereocenters. The van der Waals surface area contributed by atoms with Crippen LogP contribution in [0.15, 0.2) is 18.2 Å². The molecule has 1 N–H and O–H groups in total.